The predicted molar refractivity (Wildman–Crippen MR) is 172 cm³/mol. The lowest BCUT2D eigenvalue weighted by atomic mass is 9.90. The molecule has 10 nitrogen and oxygen atoms in total. The first-order chi connectivity index (χ1) is 21.0. The smallest absolute Gasteiger partial charge is 0.265 e. The van der Waals surface area contributed by atoms with Crippen LogP contribution >= 0.6 is 11.3 Å². The maximum Gasteiger partial charge on any atom is 0.265 e. The molecule has 0 unspecified atom stereocenters. The molecule has 43 heavy (non-hydrogen) atoms. The van der Waals surface area contributed by atoms with E-state index in [1.54, 1.807) is 7.11 Å². The van der Waals surface area contributed by atoms with Crippen LogP contribution in [0.3, 0.4) is 0 Å². The van der Waals surface area contributed by atoms with Crippen LogP contribution in [0.4, 0.5) is 11.5 Å². The first-order valence-corrected chi connectivity index (χ1v) is 15.7. The first-order valence-electron chi connectivity index (χ1n) is 14.9. The molecule has 5 aromatic rings. The van der Waals surface area contributed by atoms with Gasteiger partial charge in [0, 0.05) is 42.5 Å². The lowest BCUT2D eigenvalue weighted by Gasteiger charge is -2.41. The van der Waals surface area contributed by atoms with Gasteiger partial charge >= 0.3 is 0 Å². The second kappa shape index (κ2) is 11.6. The SMILES string of the molecule is COc1cc(-c2nn([C@H]3CC[C@@H](N4CCN(C)CC4)CC3)c3ncnc(N)c23)ccc1NC(=O)c1cc2ccccc2s1. The zero-order chi connectivity index (χ0) is 29.5. The Hall–Kier alpha value is -4.06. The van der Waals surface area contributed by atoms with Crippen LogP contribution in [0, 0.1) is 0 Å². The highest BCUT2D eigenvalue weighted by Crippen LogP contribution is 2.39. The number of ether oxygens (including phenoxy) is 1. The van der Waals surface area contributed by atoms with Crippen molar-refractivity contribution in [3.05, 3.63) is 59.7 Å². The summed E-state index contributed by atoms with van der Waals surface area (Å²) in [5, 5.41) is 9.92. The van der Waals surface area contributed by atoms with Gasteiger partial charge in [0.1, 0.15) is 23.6 Å². The molecule has 2 aliphatic rings. The Balaban J connectivity index is 1.15. The number of likely N-dealkylation sites (N-methyl/N-ethyl adjacent to an activating group) is 1. The monoisotopic (exact) mass is 596 g/mol. The van der Waals surface area contributed by atoms with E-state index in [4.69, 9.17) is 15.6 Å². The van der Waals surface area contributed by atoms with Gasteiger partial charge in [-0.2, -0.15) is 5.10 Å². The summed E-state index contributed by atoms with van der Waals surface area (Å²) in [7, 11) is 3.80. The Labute approximate surface area is 254 Å². The molecule has 11 heteroatoms. The molecule has 7 rings (SSSR count). The van der Waals surface area contributed by atoms with E-state index in [0.717, 1.165) is 84.2 Å². The largest absolute Gasteiger partial charge is 0.495 e. The summed E-state index contributed by atoms with van der Waals surface area (Å²) in [5.74, 6) is 0.767. The number of anilines is 2. The highest BCUT2D eigenvalue weighted by molar-refractivity contribution is 7.20. The number of carbonyl (C=O) groups is 1. The number of hydrogen-bond donors (Lipinski definition) is 2. The average Bonchev–Trinajstić information content (AvgIpc) is 3.65. The maximum atomic E-state index is 13.1. The van der Waals surface area contributed by atoms with Gasteiger partial charge in [-0.25, -0.2) is 14.6 Å². The number of fused-ring (bicyclic) bond motifs is 2. The second-order valence-electron chi connectivity index (χ2n) is 11.6. The molecule has 4 heterocycles. The predicted octanol–water partition coefficient (Wildman–Crippen LogP) is 5.28. The Morgan fingerprint density at radius 2 is 1.77 bits per heavy atom. The molecular weight excluding hydrogens is 560 g/mol. The number of benzene rings is 2. The number of rotatable bonds is 6. The quantitative estimate of drug-likeness (QED) is 0.272. The first kappa shape index (κ1) is 27.8. The summed E-state index contributed by atoms with van der Waals surface area (Å²) in [6.07, 6.45) is 5.90. The molecule has 3 aromatic heterocycles. The minimum absolute atomic E-state index is 0.174. The zero-order valence-electron chi connectivity index (χ0n) is 24.5. The van der Waals surface area contributed by atoms with Crippen molar-refractivity contribution in [2.45, 2.75) is 37.8 Å². The van der Waals surface area contributed by atoms with Crippen molar-refractivity contribution in [2.24, 2.45) is 0 Å². The number of thiophene rings is 1. The van der Waals surface area contributed by atoms with Gasteiger partial charge in [0.05, 0.1) is 29.1 Å². The van der Waals surface area contributed by atoms with E-state index in [0.29, 0.717) is 28.2 Å². The number of nitrogens with one attached hydrogen (secondary N) is 1. The molecule has 222 valence electrons. The van der Waals surface area contributed by atoms with Crippen LogP contribution in [0.5, 0.6) is 5.75 Å². The topological polar surface area (TPSA) is 114 Å². The standard InChI is InChI=1S/C32H36N8O2S/c1-38-13-15-39(16-14-38)22-8-10-23(11-9-22)40-31-28(30(33)34-19-35-31)29(37-40)21-7-12-24(25(17-21)42-2)36-32(41)27-18-20-5-3-4-6-26(20)43-27/h3-7,12,17-19,22-23H,8-11,13-16H2,1-2H3,(H,36,41)(H2,33,34,35)/t22-,23+. The number of nitrogens with zero attached hydrogens (tertiary/aromatic N) is 6. The Bertz CT molecular complexity index is 1750. The molecule has 2 aromatic carbocycles. The Morgan fingerprint density at radius 1 is 1.00 bits per heavy atom. The fraction of sp³-hybridized carbons (Fsp3) is 0.375. The third-order valence-corrected chi connectivity index (χ3v) is 10.1. The molecule has 1 aliphatic carbocycles. The van der Waals surface area contributed by atoms with Crippen LogP contribution in [0.2, 0.25) is 0 Å². The van der Waals surface area contributed by atoms with Crippen molar-refractivity contribution >= 4 is 49.9 Å². The van der Waals surface area contributed by atoms with Gasteiger partial charge in [-0.05, 0) is 62.4 Å². The van der Waals surface area contributed by atoms with Crippen molar-refractivity contribution in [1.82, 2.24) is 29.5 Å². The summed E-state index contributed by atoms with van der Waals surface area (Å²) >= 11 is 1.47. The zero-order valence-corrected chi connectivity index (χ0v) is 25.3. The van der Waals surface area contributed by atoms with E-state index < -0.39 is 0 Å². The lowest BCUT2D eigenvalue weighted by molar-refractivity contribution is 0.0815. The minimum Gasteiger partial charge on any atom is -0.495 e. The van der Waals surface area contributed by atoms with Crippen molar-refractivity contribution in [2.75, 3.05) is 51.4 Å². The molecule has 1 amide bonds. The van der Waals surface area contributed by atoms with Crippen LogP contribution in [0.1, 0.15) is 41.4 Å². The van der Waals surface area contributed by atoms with Gasteiger partial charge in [0.2, 0.25) is 0 Å². The number of nitrogen functional groups attached to an aromatic ring is 1. The molecule has 1 aliphatic heterocycles. The Morgan fingerprint density at radius 3 is 2.53 bits per heavy atom. The van der Waals surface area contributed by atoms with Crippen molar-refractivity contribution in [3.8, 4) is 17.0 Å². The normalized spacial score (nSPS) is 20.0. The average molecular weight is 597 g/mol. The minimum atomic E-state index is -0.174. The van der Waals surface area contributed by atoms with Crippen molar-refractivity contribution in [1.29, 1.82) is 0 Å². The lowest BCUT2D eigenvalue weighted by Crippen LogP contribution is -2.49. The number of carbonyl (C=O) groups excluding carboxylic acids is 1. The molecule has 0 bridgehead atoms. The number of amides is 1. The number of piperazine rings is 1. The maximum absolute atomic E-state index is 13.1. The van der Waals surface area contributed by atoms with Gasteiger partial charge < -0.3 is 20.7 Å². The number of nitrogens with two attached hydrogens (primary N) is 1. The summed E-state index contributed by atoms with van der Waals surface area (Å²) in [6.45, 7) is 4.57. The molecule has 0 spiro atoms. The van der Waals surface area contributed by atoms with E-state index in [1.807, 2.05) is 48.5 Å². The van der Waals surface area contributed by atoms with Crippen molar-refractivity contribution < 1.29 is 9.53 Å². The number of methoxy groups -OCH3 is 1. The molecule has 1 saturated carbocycles. The summed E-state index contributed by atoms with van der Waals surface area (Å²) in [6, 6.07) is 16.4. The molecule has 1 saturated heterocycles. The summed E-state index contributed by atoms with van der Waals surface area (Å²) < 4.78 is 8.86. The highest BCUT2D eigenvalue weighted by atomic mass is 32.1. The van der Waals surface area contributed by atoms with Gasteiger partial charge in [-0.15, -0.1) is 11.3 Å². The third kappa shape index (κ3) is 5.32. The summed E-state index contributed by atoms with van der Waals surface area (Å²) in [5.41, 5.74) is 9.32. The van der Waals surface area contributed by atoms with Crippen LogP contribution in [0.25, 0.3) is 32.4 Å². The fourth-order valence-corrected chi connectivity index (χ4v) is 7.48. The van der Waals surface area contributed by atoms with Crippen molar-refractivity contribution in [3.63, 3.8) is 0 Å². The molecule has 0 radical (unpaired) electrons. The fourth-order valence-electron chi connectivity index (χ4n) is 6.53. The van der Waals surface area contributed by atoms with Gasteiger partial charge in [0.15, 0.2) is 5.65 Å². The van der Waals surface area contributed by atoms with E-state index in [-0.39, 0.29) is 11.9 Å². The van der Waals surface area contributed by atoms with Crippen LogP contribution in [-0.4, -0.2) is 81.8 Å². The number of hydrogen-bond acceptors (Lipinski definition) is 9. The molecule has 0 atom stereocenters. The summed E-state index contributed by atoms with van der Waals surface area (Å²) in [4.78, 5) is 27.8. The third-order valence-electron chi connectivity index (χ3n) is 8.96. The molecule has 3 N–H and O–H groups in total. The van der Waals surface area contributed by atoms with Gasteiger partial charge in [-0.3, -0.25) is 9.69 Å². The van der Waals surface area contributed by atoms with Gasteiger partial charge in [-0.1, -0.05) is 24.3 Å². The van der Waals surface area contributed by atoms with Crippen LogP contribution in [0.15, 0.2) is 54.9 Å². The second-order valence-corrected chi connectivity index (χ2v) is 12.7. The van der Waals surface area contributed by atoms with Crippen LogP contribution in [-0.2, 0) is 0 Å². The van der Waals surface area contributed by atoms with E-state index in [1.165, 1.54) is 17.7 Å². The van der Waals surface area contributed by atoms with E-state index >= 15 is 0 Å². The van der Waals surface area contributed by atoms with E-state index in [9.17, 15) is 4.79 Å². The van der Waals surface area contributed by atoms with E-state index in [2.05, 4.69) is 36.8 Å². The van der Waals surface area contributed by atoms with Gasteiger partial charge in [0.25, 0.3) is 5.91 Å². The van der Waals surface area contributed by atoms with Crippen LogP contribution < -0.4 is 15.8 Å². The highest BCUT2D eigenvalue weighted by Gasteiger charge is 2.31. The molecule has 2 fully saturated rings. The number of aromatic nitrogens is 4. The Kier molecular flexibility index (Phi) is 7.46. The molecular formula is C32H36N8O2S.